The number of imidazole rings is 5. The fourth-order valence-corrected chi connectivity index (χ4v) is 17.1. The number of aliphatic hydroxyl groups excluding tert-OH is 6. The van der Waals surface area contributed by atoms with Gasteiger partial charge in [0.1, 0.15) is 48.0 Å². The summed E-state index contributed by atoms with van der Waals surface area (Å²) in [6, 6.07) is -0.259. The van der Waals surface area contributed by atoms with Crippen molar-refractivity contribution < 1.29 is 59.1 Å². The predicted molar refractivity (Wildman–Crippen MR) is 431 cm³/mol. The summed E-state index contributed by atoms with van der Waals surface area (Å²) in [5.74, 6) is 13.7. The summed E-state index contributed by atoms with van der Waals surface area (Å²) in [7, 11) is 4.71. The van der Waals surface area contributed by atoms with Gasteiger partial charge in [0.05, 0.1) is 115 Å². The molecule has 33 nitrogen and oxygen atoms in total. The van der Waals surface area contributed by atoms with Crippen LogP contribution in [0.15, 0.2) is 31.6 Å². The second-order valence-electron chi connectivity index (χ2n) is 27.8. The fourth-order valence-electron chi connectivity index (χ4n) is 15.2. The Morgan fingerprint density at radius 2 is 0.748 bits per heavy atom. The number of aromatic nitrogens is 20. The highest BCUT2D eigenvalue weighted by atomic mass is 35.5. The monoisotopic (exact) mass is 1760 g/mol. The number of terminal acetylenes is 5. The van der Waals surface area contributed by atoms with Gasteiger partial charge < -0.3 is 88.0 Å². The zero-order valence-corrected chi connectivity index (χ0v) is 69.2. The number of ether oxygens (including phenoxy) is 6. The Kier molecular flexibility index (Phi) is 30.4. The quantitative estimate of drug-likeness (QED) is 0.0171. The molecule has 10 heterocycles. The van der Waals surface area contributed by atoms with Crippen molar-refractivity contribution in [1.29, 1.82) is 0 Å². The fraction of sp³-hybridized carbons (Fsp3) is 0.521. The van der Waals surface area contributed by atoms with E-state index in [2.05, 4.69) is 116 Å². The lowest BCUT2D eigenvalue weighted by molar-refractivity contribution is -0.104. The lowest BCUT2D eigenvalue weighted by Gasteiger charge is -2.28. The third-order valence-electron chi connectivity index (χ3n) is 21.5. The lowest BCUT2D eigenvalue weighted by atomic mass is 9.82. The first-order valence-electron chi connectivity index (χ1n) is 35.5. The van der Waals surface area contributed by atoms with E-state index in [1.165, 1.54) is 13.4 Å². The number of halogens is 9. The minimum Gasteiger partial charge on any atom is -0.395 e. The van der Waals surface area contributed by atoms with E-state index in [0.717, 1.165) is 25.7 Å². The maximum atomic E-state index is 10.2. The molecular weight excluding hydrogens is 1680 g/mol. The maximum Gasteiger partial charge on any atom is 0.226 e. The molecule has 115 heavy (non-hydrogen) atoms. The van der Waals surface area contributed by atoms with Gasteiger partial charge in [-0.15, -0.1) is 32.1 Å². The number of nitrogens with zero attached hydrogens (tertiary/aromatic N) is 19. The molecule has 5 aliphatic rings. The summed E-state index contributed by atoms with van der Waals surface area (Å²) in [6.07, 6.45) is 40.7. The largest absolute Gasteiger partial charge is 0.395 e. The predicted octanol–water partition coefficient (Wildman–Crippen LogP) is 10.2. The van der Waals surface area contributed by atoms with Gasteiger partial charge in [-0.1, -0.05) is 89.9 Å². The van der Waals surface area contributed by atoms with E-state index in [1.54, 1.807) is 48.7 Å². The highest BCUT2D eigenvalue weighted by molar-refractivity contribution is 6.37. The minimum absolute atomic E-state index is 0.0261. The summed E-state index contributed by atoms with van der Waals surface area (Å²) >= 11 is 52.9. The van der Waals surface area contributed by atoms with E-state index < -0.39 is 28.5 Å². The van der Waals surface area contributed by atoms with Crippen molar-refractivity contribution in [2.24, 2.45) is 27.1 Å². The Labute approximate surface area is 704 Å². The van der Waals surface area contributed by atoms with E-state index in [9.17, 15) is 30.6 Å². The van der Waals surface area contributed by atoms with Gasteiger partial charge >= 0.3 is 0 Å². The van der Waals surface area contributed by atoms with Crippen LogP contribution in [0.4, 0.5) is 5.82 Å². The van der Waals surface area contributed by atoms with Crippen molar-refractivity contribution in [2.45, 2.75) is 152 Å². The Balaban J connectivity index is 0.000000148. The number of nitrogens with one attached hydrogen (secondary N) is 1. The van der Waals surface area contributed by atoms with Crippen molar-refractivity contribution in [3.8, 4) is 61.7 Å². The molecule has 10 aromatic rings. The number of fused-ring (bicyclic) bond motifs is 5. The number of nitrogen functional groups attached to an aromatic ring is 1. The van der Waals surface area contributed by atoms with Crippen LogP contribution in [0.2, 0.25) is 47.0 Å². The number of nitrogens with two attached hydrogens (primary N) is 1. The molecule has 0 bridgehead atoms. The van der Waals surface area contributed by atoms with Crippen LogP contribution >= 0.6 is 104 Å². The van der Waals surface area contributed by atoms with Gasteiger partial charge in [0, 0.05) is 51.9 Å². The Morgan fingerprint density at radius 3 is 1.12 bits per heavy atom. The van der Waals surface area contributed by atoms with E-state index in [0.29, 0.717) is 107 Å². The van der Waals surface area contributed by atoms with Crippen LogP contribution in [0.3, 0.4) is 0 Å². The third-order valence-corrected chi connectivity index (χ3v) is 23.5. The number of methoxy groups -OCH3 is 3. The van der Waals surface area contributed by atoms with E-state index in [4.69, 9.17) is 171 Å². The Bertz CT molecular complexity index is 5040. The number of H-pyrrole nitrogens is 1. The van der Waals surface area contributed by atoms with E-state index in [1.807, 2.05) is 16.1 Å². The molecule has 9 N–H and O–H groups in total. The zero-order valence-electron chi connectivity index (χ0n) is 62.4. The molecular formula is C73H80Cl9N21O12. The molecule has 15 atom stereocenters. The first-order chi connectivity index (χ1) is 55.0. The van der Waals surface area contributed by atoms with Crippen LogP contribution in [0.1, 0.15) is 115 Å². The molecule has 612 valence electrons. The molecule has 0 amide bonds. The van der Waals surface area contributed by atoms with Gasteiger partial charge in [-0.25, -0.2) is 44.9 Å². The zero-order chi connectivity index (χ0) is 83.5. The van der Waals surface area contributed by atoms with Crippen LogP contribution in [0, 0.1) is 88.8 Å². The molecule has 0 spiro atoms. The number of hydrogen-bond donors (Lipinski definition) is 8. The van der Waals surface area contributed by atoms with Crippen molar-refractivity contribution in [2.75, 3.05) is 67.3 Å². The standard InChI is InChI=1S/C16H18Cl2N4O2.C15H16Cl2N4O3.C13H12Cl2N4O2.C13H14ClN5O2.C11H18O3.C5H2Cl2N4/c1-4-16(5-2)7-10(6-11(16)24-9-23-3)22-8-19-12-13(17)20-15(18)21-14(12)22;1-3-15(6-22)5-9(4-10(15)24-8-23-2)21-7-18-11-12(16)19-14(17)20-13(11)21;1-2-13(5-20)4-7(3-8(13)21)19-6-16-9-10(14)17-12(15)18-11(9)19;1-2-13(5-20)4-7(3-8(13)21)19-6-16-9-10(15)17-12(14)18-11(9)19;1-4-11(5-2)7-9(12)6-10(11)14-8-13-3;6-3-2-4(9-1-8-2)11-5(7)10-3/h1,8,10-11H,5-7,9H2,2-3H3;1,7,9-10,22H,4-6,8H2,2H3;1,6-8,20-21H,3-5H2;1,6-8,20-21H,3-5H2,(H2,15,17,18);1,9-10,12H,5-8H2,2-3H3;1H,(H,8,9,10,11)/t10-,11-,16-;9-,10-,15+;2*7-,8-,13+;9-,10+,11+;/m00001./s1. The van der Waals surface area contributed by atoms with Crippen LogP contribution in [0.5, 0.6) is 0 Å². The molecule has 10 aromatic heterocycles. The second kappa shape index (κ2) is 38.9. The van der Waals surface area contributed by atoms with Crippen LogP contribution < -0.4 is 5.73 Å². The topological polar surface area (TPSA) is 432 Å². The van der Waals surface area contributed by atoms with E-state index >= 15 is 0 Å². The first-order valence-corrected chi connectivity index (χ1v) is 38.9. The van der Waals surface area contributed by atoms with Gasteiger partial charge in [0.2, 0.25) is 26.4 Å². The molecule has 42 heteroatoms. The maximum absolute atomic E-state index is 10.2. The van der Waals surface area contributed by atoms with Crippen molar-refractivity contribution in [3.05, 3.63) is 78.7 Å². The van der Waals surface area contributed by atoms with Crippen LogP contribution in [0.25, 0.3) is 55.8 Å². The molecule has 0 aliphatic heterocycles. The molecule has 0 radical (unpaired) electrons. The highest BCUT2D eigenvalue weighted by Gasteiger charge is 2.51. The normalized spacial score (nSPS) is 27.3. The summed E-state index contributed by atoms with van der Waals surface area (Å²) in [5.41, 5.74) is 7.55. The van der Waals surface area contributed by atoms with Gasteiger partial charge in [-0.05, 0) is 129 Å². The van der Waals surface area contributed by atoms with Gasteiger partial charge in [-0.3, -0.25) is 0 Å². The highest BCUT2D eigenvalue weighted by Crippen LogP contribution is 2.51. The molecule has 5 saturated carbocycles. The number of aliphatic hydroxyl groups is 6. The lowest BCUT2D eigenvalue weighted by Crippen LogP contribution is -2.34. The van der Waals surface area contributed by atoms with Gasteiger partial charge in [0.25, 0.3) is 0 Å². The molecule has 15 rings (SSSR count). The molecule has 5 aliphatic carbocycles. The Hall–Kier alpha value is -7.52. The molecule has 0 saturated heterocycles. The number of aromatic amines is 1. The smallest absolute Gasteiger partial charge is 0.226 e. The number of rotatable bonds is 18. The number of anilines is 1. The average molecular weight is 1760 g/mol. The third kappa shape index (κ3) is 19.0. The molecule has 0 unspecified atom stereocenters. The second-order valence-corrected chi connectivity index (χ2v) is 30.9. The average Bonchev–Trinajstić information content (AvgIpc) is 1.61. The summed E-state index contributed by atoms with van der Waals surface area (Å²) in [5, 5.41) is 60.0. The summed E-state index contributed by atoms with van der Waals surface area (Å²) in [6.45, 7) is 3.93. The van der Waals surface area contributed by atoms with Crippen molar-refractivity contribution in [3.63, 3.8) is 0 Å². The summed E-state index contributed by atoms with van der Waals surface area (Å²) < 4.78 is 39.3. The molecule has 5 fully saturated rings. The first kappa shape index (κ1) is 89.8. The van der Waals surface area contributed by atoms with Gasteiger partial charge in [0.15, 0.2) is 54.7 Å². The Morgan fingerprint density at radius 1 is 0.426 bits per heavy atom. The van der Waals surface area contributed by atoms with Crippen LogP contribution in [-0.2, 0) is 28.4 Å². The summed E-state index contributed by atoms with van der Waals surface area (Å²) in [4.78, 5) is 63.4. The van der Waals surface area contributed by atoms with Gasteiger partial charge in [-0.2, -0.15) is 29.9 Å². The minimum atomic E-state index is -0.943. The van der Waals surface area contributed by atoms with Crippen molar-refractivity contribution in [1.82, 2.24) is 98.0 Å². The number of hydrogen-bond acceptors (Lipinski definition) is 28. The van der Waals surface area contributed by atoms with E-state index in [-0.39, 0.29) is 152 Å². The SMILES string of the molecule is C#C[C@]1(CC)C[C@@H](n2cnc3c(Cl)nc(Cl)nc32)C[C@@H]1OCOC.C#C[C@]1(CC)C[C@H](O)C[C@@H]1OCOC.C#C[C@]1(CO)C[C@@H](n2cnc3c(Cl)nc(Cl)nc32)C[C@@H]1O.C#C[C@]1(CO)C[C@@H](n2cnc3c(Cl)nc(Cl)nc32)C[C@@H]1OCOC.C#C[C@]1(CO)C[C@@H](n2cnc3c(N)nc(Cl)nc32)C[C@@H]1O.Clc1nc(Cl)c2[nH]cnc2n1. The van der Waals surface area contributed by atoms with Crippen molar-refractivity contribution >= 4 is 166 Å². The van der Waals surface area contributed by atoms with Crippen LogP contribution in [-0.4, -0.2) is 227 Å². The molecule has 0 aromatic carbocycles.